The molecule has 0 saturated heterocycles. The van der Waals surface area contributed by atoms with Crippen molar-refractivity contribution in [2.75, 3.05) is 0 Å². The van der Waals surface area contributed by atoms with Crippen LogP contribution in [0.25, 0.3) is 0 Å². The van der Waals surface area contributed by atoms with Crippen molar-refractivity contribution in [3.63, 3.8) is 0 Å². The Hall–Kier alpha value is -1.08. The highest BCUT2D eigenvalue weighted by molar-refractivity contribution is 5.14. The molecule has 0 saturated carbocycles. The first kappa shape index (κ1) is 12.0. The maximum absolute atomic E-state index is 3.80. The molecule has 0 aromatic heterocycles. The van der Waals surface area contributed by atoms with Gasteiger partial charge in [0.05, 0.1) is 0 Å². The van der Waals surface area contributed by atoms with Crippen molar-refractivity contribution in [1.29, 1.82) is 0 Å². The Balaban J connectivity index is 2.43. The SMILES string of the molecule is C=CCC(NCc1ccccc1)C(C)C. The van der Waals surface area contributed by atoms with Crippen molar-refractivity contribution >= 4 is 0 Å². The van der Waals surface area contributed by atoms with E-state index in [9.17, 15) is 0 Å². The Labute approximate surface area is 93.2 Å². The zero-order valence-electron chi connectivity index (χ0n) is 9.74. The van der Waals surface area contributed by atoms with Gasteiger partial charge in [-0.3, -0.25) is 0 Å². The van der Waals surface area contributed by atoms with E-state index in [2.05, 4.69) is 50.0 Å². The summed E-state index contributed by atoms with van der Waals surface area (Å²) < 4.78 is 0. The summed E-state index contributed by atoms with van der Waals surface area (Å²) in [6.45, 7) is 9.22. The molecule has 1 aromatic rings. The van der Waals surface area contributed by atoms with Gasteiger partial charge in [0.25, 0.3) is 0 Å². The van der Waals surface area contributed by atoms with Crippen LogP contribution >= 0.6 is 0 Å². The van der Waals surface area contributed by atoms with Crippen LogP contribution in [0.2, 0.25) is 0 Å². The highest BCUT2D eigenvalue weighted by atomic mass is 14.9. The number of hydrogen-bond donors (Lipinski definition) is 1. The van der Waals surface area contributed by atoms with Gasteiger partial charge in [0.15, 0.2) is 0 Å². The summed E-state index contributed by atoms with van der Waals surface area (Å²) in [7, 11) is 0. The van der Waals surface area contributed by atoms with Crippen LogP contribution < -0.4 is 5.32 Å². The summed E-state index contributed by atoms with van der Waals surface area (Å²) in [5, 5.41) is 3.57. The third-order valence-electron chi connectivity index (χ3n) is 2.64. The molecule has 0 amide bonds. The first-order chi connectivity index (χ1) is 7.24. The largest absolute Gasteiger partial charge is 0.309 e. The van der Waals surface area contributed by atoms with Crippen molar-refractivity contribution in [3.05, 3.63) is 48.6 Å². The molecular formula is C14H21N. The summed E-state index contributed by atoms with van der Waals surface area (Å²) in [4.78, 5) is 0. The zero-order chi connectivity index (χ0) is 11.1. The Kier molecular flexibility index (Phi) is 5.13. The third-order valence-corrected chi connectivity index (χ3v) is 2.64. The molecule has 0 aliphatic carbocycles. The average molecular weight is 203 g/mol. The Bertz CT molecular complexity index is 277. The van der Waals surface area contributed by atoms with Crippen molar-refractivity contribution in [1.82, 2.24) is 5.32 Å². The molecule has 82 valence electrons. The number of nitrogens with one attached hydrogen (secondary N) is 1. The number of rotatable bonds is 6. The van der Waals surface area contributed by atoms with Crippen LogP contribution in [0.3, 0.4) is 0 Å². The zero-order valence-corrected chi connectivity index (χ0v) is 9.74. The molecule has 1 N–H and O–H groups in total. The summed E-state index contributed by atoms with van der Waals surface area (Å²) in [6.07, 6.45) is 3.02. The van der Waals surface area contributed by atoms with Gasteiger partial charge in [-0.05, 0) is 17.9 Å². The van der Waals surface area contributed by atoms with Gasteiger partial charge in [-0.1, -0.05) is 50.3 Å². The molecule has 0 heterocycles. The van der Waals surface area contributed by atoms with Gasteiger partial charge >= 0.3 is 0 Å². The predicted octanol–water partition coefficient (Wildman–Crippen LogP) is 3.38. The van der Waals surface area contributed by atoms with E-state index >= 15 is 0 Å². The molecule has 1 atom stereocenters. The molecule has 0 radical (unpaired) electrons. The van der Waals surface area contributed by atoms with E-state index in [-0.39, 0.29) is 0 Å². The molecule has 1 heteroatoms. The van der Waals surface area contributed by atoms with Gasteiger partial charge in [0, 0.05) is 12.6 Å². The van der Waals surface area contributed by atoms with E-state index in [1.165, 1.54) is 5.56 Å². The van der Waals surface area contributed by atoms with E-state index in [1.54, 1.807) is 0 Å². The highest BCUT2D eigenvalue weighted by Crippen LogP contribution is 2.08. The molecule has 1 nitrogen and oxygen atoms in total. The topological polar surface area (TPSA) is 12.0 Å². The minimum atomic E-state index is 0.530. The first-order valence-corrected chi connectivity index (χ1v) is 5.62. The minimum Gasteiger partial charge on any atom is -0.309 e. The second-order valence-corrected chi connectivity index (χ2v) is 4.24. The molecule has 0 fully saturated rings. The summed E-state index contributed by atoms with van der Waals surface area (Å²) >= 11 is 0. The summed E-state index contributed by atoms with van der Waals surface area (Å²) in [5.74, 6) is 0.645. The van der Waals surface area contributed by atoms with Crippen molar-refractivity contribution in [2.45, 2.75) is 32.9 Å². The van der Waals surface area contributed by atoms with Gasteiger partial charge in [-0.15, -0.1) is 6.58 Å². The Morgan fingerprint density at radius 3 is 2.47 bits per heavy atom. The van der Waals surface area contributed by atoms with E-state index in [4.69, 9.17) is 0 Å². The summed E-state index contributed by atoms with van der Waals surface area (Å²) in [5.41, 5.74) is 1.34. The van der Waals surface area contributed by atoms with E-state index < -0.39 is 0 Å². The molecule has 0 aliphatic heterocycles. The maximum atomic E-state index is 3.80. The van der Waals surface area contributed by atoms with Gasteiger partial charge < -0.3 is 5.32 Å². The molecule has 15 heavy (non-hydrogen) atoms. The van der Waals surface area contributed by atoms with E-state index in [1.807, 2.05) is 12.1 Å². The normalized spacial score (nSPS) is 12.7. The van der Waals surface area contributed by atoms with Gasteiger partial charge in [0.1, 0.15) is 0 Å². The number of hydrogen-bond acceptors (Lipinski definition) is 1. The second-order valence-electron chi connectivity index (χ2n) is 4.24. The lowest BCUT2D eigenvalue weighted by atomic mass is 10.0. The standard InChI is InChI=1S/C14H21N/c1-4-8-14(12(2)3)15-11-13-9-6-5-7-10-13/h4-7,9-10,12,14-15H,1,8,11H2,2-3H3. The van der Waals surface area contributed by atoms with Crippen LogP contribution in [0.4, 0.5) is 0 Å². The fourth-order valence-corrected chi connectivity index (χ4v) is 1.62. The van der Waals surface area contributed by atoms with Crippen LogP contribution in [0.15, 0.2) is 43.0 Å². The third kappa shape index (κ3) is 4.30. The van der Waals surface area contributed by atoms with Gasteiger partial charge in [-0.25, -0.2) is 0 Å². The monoisotopic (exact) mass is 203 g/mol. The molecular weight excluding hydrogens is 182 g/mol. The molecule has 0 spiro atoms. The maximum Gasteiger partial charge on any atom is 0.0208 e. The predicted molar refractivity (Wildman–Crippen MR) is 66.7 cm³/mol. The molecule has 1 rings (SSSR count). The van der Waals surface area contributed by atoms with Crippen LogP contribution in [0, 0.1) is 5.92 Å². The fraction of sp³-hybridized carbons (Fsp3) is 0.429. The quantitative estimate of drug-likeness (QED) is 0.699. The van der Waals surface area contributed by atoms with E-state index in [0.29, 0.717) is 12.0 Å². The van der Waals surface area contributed by atoms with Crippen LogP contribution in [0.5, 0.6) is 0 Å². The molecule has 1 unspecified atom stereocenters. The highest BCUT2D eigenvalue weighted by Gasteiger charge is 2.10. The molecule has 0 bridgehead atoms. The van der Waals surface area contributed by atoms with Gasteiger partial charge in [-0.2, -0.15) is 0 Å². The minimum absolute atomic E-state index is 0.530. The van der Waals surface area contributed by atoms with Crippen LogP contribution in [-0.2, 0) is 6.54 Å². The lowest BCUT2D eigenvalue weighted by Gasteiger charge is -2.21. The second kappa shape index (κ2) is 6.41. The smallest absolute Gasteiger partial charge is 0.0208 e. The van der Waals surface area contributed by atoms with E-state index in [0.717, 1.165) is 13.0 Å². The van der Waals surface area contributed by atoms with Gasteiger partial charge in [0.2, 0.25) is 0 Å². The molecule has 0 aliphatic rings. The fourth-order valence-electron chi connectivity index (χ4n) is 1.62. The first-order valence-electron chi connectivity index (χ1n) is 5.62. The Morgan fingerprint density at radius 1 is 1.27 bits per heavy atom. The number of benzene rings is 1. The van der Waals surface area contributed by atoms with Crippen molar-refractivity contribution in [2.24, 2.45) is 5.92 Å². The lowest BCUT2D eigenvalue weighted by molar-refractivity contribution is 0.400. The van der Waals surface area contributed by atoms with Crippen molar-refractivity contribution < 1.29 is 0 Å². The lowest BCUT2D eigenvalue weighted by Crippen LogP contribution is -2.32. The Morgan fingerprint density at radius 2 is 1.93 bits per heavy atom. The van der Waals surface area contributed by atoms with Crippen LogP contribution in [-0.4, -0.2) is 6.04 Å². The average Bonchev–Trinajstić information content (AvgIpc) is 2.25. The molecule has 1 aromatic carbocycles. The van der Waals surface area contributed by atoms with Crippen LogP contribution in [0.1, 0.15) is 25.8 Å². The van der Waals surface area contributed by atoms with Crippen molar-refractivity contribution in [3.8, 4) is 0 Å². The summed E-state index contributed by atoms with van der Waals surface area (Å²) in [6, 6.07) is 11.0.